The molecule has 0 radical (unpaired) electrons. The molecule has 1 aromatic carbocycles. The van der Waals surface area contributed by atoms with Gasteiger partial charge in [0.1, 0.15) is 5.75 Å². The summed E-state index contributed by atoms with van der Waals surface area (Å²) in [5.41, 5.74) is 2.25. The van der Waals surface area contributed by atoms with Crippen LogP contribution in [0.4, 0.5) is 5.69 Å². The standard InChI is InChI=1S/C15H22N2O2.C2H6/c1-12-6-7-13(11-14(12)19-3)16(2)9-10-17-8-4-5-15(17)18;1-2/h6-7,11H,4-5,8-10H2,1-3H3;1-2H3. The van der Waals surface area contributed by atoms with Crippen molar-refractivity contribution in [2.45, 2.75) is 33.6 Å². The number of nitrogens with zero attached hydrogens (tertiary/aromatic N) is 2. The van der Waals surface area contributed by atoms with Gasteiger partial charge in [-0.1, -0.05) is 19.9 Å². The Bertz CT molecular complexity index is 460. The van der Waals surface area contributed by atoms with E-state index in [9.17, 15) is 4.79 Å². The molecule has 0 spiro atoms. The third kappa shape index (κ3) is 4.66. The number of amides is 1. The van der Waals surface area contributed by atoms with Crippen LogP contribution in [0, 0.1) is 6.92 Å². The molecule has 1 heterocycles. The number of likely N-dealkylation sites (tertiary alicyclic amines) is 1. The lowest BCUT2D eigenvalue weighted by atomic mass is 10.2. The van der Waals surface area contributed by atoms with E-state index in [4.69, 9.17) is 4.74 Å². The lowest BCUT2D eigenvalue weighted by Gasteiger charge is -2.24. The molecule has 0 saturated carbocycles. The van der Waals surface area contributed by atoms with E-state index < -0.39 is 0 Å². The zero-order valence-electron chi connectivity index (χ0n) is 14.0. The number of ether oxygens (including phenoxy) is 1. The maximum atomic E-state index is 11.6. The quantitative estimate of drug-likeness (QED) is 0.836. The van der Waals surface area contributed by atoms with Gasteiger partial charge in [0.15, 0.2) is 0 Å². The number of rotatable bonds is 5. The van der Waals surface area contributed by atoms with Gasteiger partial charge in [-0.15, -0.1) is 0 Å². The first-order valence-corrected chi connectivity index (χ1v) is 7.75. The summed E-state index contributed by atoms with van der Waals surface area (Å²) in [6, 6.07) is 6.19. The summed E-state index contributed by atoms with van der Waals surface area (Å²) in [4.78, 5) is 15.7. The highest BCUT2D eigenvalue weighted by Gasteiger charge is 2.19. The minimum absolute atomic E-state index is 0.287. The van der Waals surface area contributed by atoms with Crippen molar-refractivity contribution in [2.75, 3.05) is 38.7 Å². The molecule has 1 fully saturated rings. The number of aryl methyl sites for hydroxylation is 1. The summed E-state index contributed by atoms with van der Waals surface area (Å²) in [5, 5.41) is 0. The van der Waals surface area contributed by atoms with Crippen molar-refractivity contribution in [1.82, 2.24) is 4.90 Å². The topological polar surface area (TPSA) is 32.8 Å². The number of hydrogen-bond donors (Lipinski definition) is 0. The van der Waals surface area contributed by atoms with Gasteiger partial charge in [-0.3, -0.25) is 4.79 Å². The first-order chi connectivity index (χ1) is 10.1. The minimum atomic E-state index is 0.287. The van der Waals surface area contributed by atoms with E-state index >= 15 is 0 Å². The van der Waals surface area contributed by atoms with Crippen molar-refractivity contribution in [2.24, 2.45) is 0 Å². The molecule has 1 aromatic rings. The Labute approximate surface area is 128 Å². The largest absolute Gasteiger partial charge is 0.496 e. The third-order valence-corrected chi connectivity index (χ3v) is 3.71. The van der Waals surface area contributed by atoms with Gasteiger partial charge in [-0.05, 0) is 25.0 Å². The second-order valence-electron chi connectivity index (χ2n) is 5.06. The average Bonchev–Trinajstić information content (AvgIpc) is 2.92. The van der Waals surface area contributed by atoms with Crippen LogP contribution < -0.4 is 9.64 Å². The van der Waals surface area contributed by atoms with Gasteiger partial charge in [0.25, 0.3) is 0 Å². The highest BCUT2D eigenvalue weighted by Crippen LogP contribution is 2.24. The van der Waals surface area contributed by atoms with E-state index in [0.29, 0.717) is 6.42 Å². The van der Waals surface area contributed by atoms with E-state index in [1.54, 1.807) is 7.11 Å². The first-order valence-electron chi connectivity index (χ1n) is 7.75. The van der Waals surface area contributed by atoms with Gasteiger partial charge in [0.2, 0.25) is 5.91 Å². The second-order valence-corrected chi connectivity index (χ2v) is 5.06. The number of hydrogen-bond acceptors (Lipinski definition) is 3. The summed E-state index contributed by atoms with van der Waals surface area (Å²) in [6.07, 6.45) is 1.71. The number of methoxy groups -OCH3 is 1. The van der Waals surface area contributed by atoms with Crippen LogP contribution in [0.1, 0.15) is 32.3 Å². The Balaban J connectivity index is 0.00000106. The van der Waals surface area contributed by atoms with Crippen LogP contribution in [0.2, 0.25) is 0 Å². The Morgan fingerprint density at radius 1 is 1.33 bits per heavy atom. The molecule has 4 heteroatoms. The van der Waals surface area contributed by atoms with Gasteiger partial charge >= 0.3 is 0 Å². The van der Waals surface area contributed by atoms with Crippen LogP contribution in [0.25, 0.3) is 0 Å². The summed E-state index contributed by atoms with van der Waals surface area (Å²) < 4.78 is 5.34. The molecule has 1 aliphatic heterocycles. The summed E-state index contributed by atoms with van der Waals surface area (Å²) in [7, 11) is 3.74. The van der Waals surface area contributed by atoms with Gasteiger partial charge in [-0.2, -0.15) is 0 Å². The monoisotopic (exact) mass is 292 g/mol. The van der Waals surface area contributed by atoms with E-state index in [2.05, 4.69) is 17.0 Å². The van der Waals surface area contributed by atoms with E-state index in [1.165, 1.54) is 0 Å². The SMILES string of the molecule is CC.COc1cc(N(C)CCN2CCCC2=O)ccc1C. The predicted octanol–water partition coefficient (Wildman–Crippen LogP) is 3.09. The van der Waals surface area contributed by atoms with Crippen molar-refractivity contribution >= 4 is 11.6 Å². The van der Waals surface area contributed by atoms with Crippen LogP contribution in [0.15, 0.2) is 18.2 Å². The zero-order chi connectivity index (χ0) is 15.8. The van der Waals surface area contributed by atoms with Gasteiger partial charge in [0, 0.05) is 44.9 Å². The molecule has 0 unspecified atom stereocenters. The van der Waals surface area contributed by atoms with Crippen molar-refractivity contribution in [3.8, 4) is 5.75 Å². The Kier molecular flexibility index (Phi) is 7.06. The van der Waals surface area contributed by atoms with Crippen molar-refractivity contribution in [1.29, 1.82) is 0 Å². The molecular weight excluding hydrogens is 264 g/mol. The fourth-order valence-corrected chi connectivity index (χ4v) is 2.39. The lowest BCUT2D eigenvalue weighted by Crippen LogP contribution is -2.33. The molecule has 0 aromatic heterocycles. The van der Waals surface area contributed by atoms with Gasteiger partial charge < -0.3 is 14.5 Å². The third-order valence-electron chi connectivity index (χ3n) is 3.71. The maximum absolute atomic E-state index is 11.6. The summed E-state index contributed by atoms with van der Waals surface area (Å²) in [6.45, 7) is 8.58. The van der Waals surface area contributed by atoms with Gasteiger partial charge in [-0.25, -0.2) is 0 Å². The summed E-state index contributed by atoms with van der Waals surface area (Å²) >= 11 is 0. The molecule has 21 heavy (non-hydrogen) atoms. The highest BCUT2D eigenvalue weighted by molar-refractivity contribution is 5.78. The predicted molar refractivity (Wildman–Crippen MR) is 88.2 cm³/mol. The number of benzene rings is 1. The summed E-state index contributed by atoms with van der Waals surface area (Å²) in [5.74, 6) is 1.19. The van der Waals surface area contributed by atoms with Crippen LogP contribution in [0.3, 0.4) is 0 Å². The van der Waals surface area contributed by atoms with Gasteiger partial charge in [0.05, 0.1) is 7.11 Å². The molecule has 1 saturated heterocycles. The van der Waals surface area contributed by atoms with Crippen LogP contribution >= 0.6 is 0 Å². The minimum Gasteiger partial charge on any atom is -0.496 e. The lowest BCUT2D eigenvalue weighted by molar-refractivity contribution is -0.127. The normalized spacial score (nSPS) is 13.8. The molecule has 4 nitrogen and oxygen atoms in total. The molecule has 118 valence electrons. The van der Waals surface area contributed by atoms with E-state index in [1.807, 2.05) is 38.8 Å². The molecule has 0 N–H and O–H groups in total. The number of likely N-dealkylation sites (N-methyl/N-ethyl adjacent to an activating group) is 1. The Hall–Kier alpha value is -1.71. The molecular formula is C17H28N2O2. The molecule has 1 amide bonds. The van der Waals surface area contributed by atoms with E-state index in [-0.39, 0.29) is 5.91 Å². The fourth-order valence-electron chi connectivity index (χ4n) is 2.39. The Morgan fingerprint density at radius 3 is 2.62 bits per heavy atom. The van der Waals surface area contributed by atoms with Crippen molar-refractivity contribution in [3.05, 3.63) is 23.8 Å². The fraction of sp³-hybridized carbons (Fsp3) is 0.588. The smallest absolute Gasteiger partial charge is 0.222 e. The van der Waals surface area contributed by atoms with Crippen molar-refractivity contribution < 1.29 is 9.53 Å². The number of anilines is 1. The molecule has 2 rings (SSSR count). The molecule has 1 aliphatic rings. The number of carbonyl (C=O) groups excluding carboxylic acids is 1. The van der Waals surface area contributed by atoms with Crippen LogP contribution in [-0.2, 0) is 4.79 Å². The average molecular weight is 292 g/mol. The zero-order valence-corrected chi connectivity index (χ0v) is 14.0. The second kappa shape index (κ2) is 8.55. The molecule has 0 bridgehead atoms. The highest BCUT2D eigenvalue weighted by atomic mass is 16.5. The molecule has 0 aliphatic carbocycles. The maximum Gasteiger partial charge on any atom is 0.222 e. The van der Waals surface area contributed by atoms with Crippen molar-refractivity contribution in [3.63, 3.8) is 0 Å². The number of carbonyl (C=O) groups is 1. The molecule has 0 atom stereocenters. The van der Waals surface area contributed by atoms with Crippen LogP contribution in [0.5, 0.6) is 5.75 Å². The van der Waals surface area contributed by atoms with E-state index in [0.717, 1.165) is 43.1 Å². The first kappa shape index (κ1) is 17.3. The van der Waals surface area contributed by atoms with Crippen LogP contribution in [-0.4, -0.2) is 44.6 Å². The Morgan fingerprint density at radius 2 is 2.05 bits per heavy atom.